The van der Waals surface area contributed by atoms with Crippen molar-refractivity contribution in [1.29, 1.82) is 0 Å². The molecule has 0 radical (unpaired) electrons. The second-order valence-corrected chi connectivity index (χ2v) is 4.80. The van der Waals surface area contributed by atoms with Crippen LogP contribution in [0.5, 0.6) is 0 Å². The van der Waals surface area contributed by atoms with Gasteiger partial charge in [0.2, 0.25) is 0 Å². The molecule has 0 saturated carbocycles. The summed E-state index contributed by atoms with van der Waals surface area (Å²) in [6.07, 6.45) is 2.03. The van der Waals surface area contributed by atoms with E-state index in [0.29, 0.717) is 0 Å². The molecule has 1 fully saturated rings. The highest BCUT2D eigenvalue weighted by Gasteiger charge is 2.27. The van der Waals surface area contributed by atoms with E-state index >= 15 is 0 Å². The van der Waals surface area contributed by atoms with Crippen molar-refractivity contribution in [3.8, 4) is 0 Å². The lowest BCUT2D eigenvalue weighted by Gasteiger charge is -2.36. The van der Waals surface area contributed by atoms with Crippen molar-refractivity contribution < 1.29 is 5.11 Å². The van der Waals surface area contributed by atoms with Gasteiger partial charge in [0.05, 0.1) is 5.60 Å². The van der Waals surface area contributed by atoms with Crippen LogP contribution < -0.4 is 0 Å². The van der Waals surface area contributed by atoms with E-state index in [1.54, 1.807) is 0 Å². The van der Waals surface area contributed by atoms with Crippen LogP contribution in [0.1, 0.15) is 25.3 Å². The molecule has 0 unspecified atom stereocenters. The third-order valence-electron chi connectivity index (χ3n) is 3.00. The molecule has 15 heavy (non-hydrogen) atoms. The van der Waals surface area contributed by atoms with Crippen LogP contribution in [0, 0.1) is 0 Å². The summed E-state index contributed by atoms with van der Waals surface area (Å²) < 4.78 is 0. The summed E-state index contributed by atoms with van der Waals surface area (Å²) >= 11 is 0. The van der Waals surface area contributed by atoms with Crippen molar-refractivity contribution >= 4 is 0 Å². The molecule has 2 nitrogen and oxygen atoms in total. The van der Waals surface area contributed by atoms with E-state index in [1.807, 2.05) is 13.0 Å². The first-order valence-corrected chi connectivity index (χ1v) is 5.64. The Bertz CT molecular complexity index is 308. The average molecular weight is 205 g/mol. The second-order valence-electron chi connectivity index (χ2n) is 4.80. The third-order valence-corrected chi connectivity index (χ3v) is 3.00. The lowest BCUT2D eigenvalue weighted by molar-refractivity contribution is -0.0181. The topological polar surface area (TPSA) is 23.5 Å². The first kappa shape index (κ1) is 10.7. The summed E-state index contributed by atoms with van der Waals surface area (Å²) in [4.78, 5) is 2.33. The van der Waals surface area contributed by atoms with Crippen molar-refractivity contribution in [3.05, 3.63) is 35.9 Å². The SMILES string of the molecule is C[C@]1(O)CCCN(Cc2ccccc2)C1. The molecule has 0 amide bonds. The first-order valence-electron chi connectivity index (χ1n) is 5.64. The first-order chi connectivity index (χ1) is 7.16. The molecule has 2 rings (SSSR count). The molecular formula is C13H19NO. The minimum Gasteiger partial charge on any atom is -0.389 e. The molecule has 1 atom stereocenters. The largest absolute Gasteiger partial charge is 0.389 e. The van der Waals surface area contributed by atoms with E-state index in [9.17, 15) is 5.11 Å². The zero-order chi connectivity index (χ0) is 10.7. The summed E-state index contributed by atoms with van der Waals surface area (Å²) in [7, 11) is 0. The van der Waals surface area contributed by atoms with Crippen LogP contribution >= 0.6 is 0 Å². The lowest BCUT2D eigenvalue weighted by atomic mass is 9.95. The normalized spacial score (nSPS) is 27.9. The van der Waals surface area contributed by atoms with Gasteiger partial charge < -0.3 is 5.11 Å². The van der Waals surface area contributed by atoms with E-state index in [-0.39, 0.29) is 0 Å². The Hall–Kier alpha value is -0.860. The van der Waals surface area contributed by atoms with Crippen LogP contribution in [-0.2, 0) is 6.54 Å². The maximum Gasteiger partial charge on any atom is 0.0746 e. The van der Waals surface area contributed by atoms with Gasteiger partial charge in [0.1, 0.15) is 0 Å². The highest BCUT2D eigenvalue weighted by atomic mass is 16.3. The Morgan fingerprint density at radius 2 is 2.07 bits per heavy atom. The smallest absolute Gasteiger partial charge is 0.0746 e. The highest BCUT2D eigenvalue weighted by molar-refractivity contribution is 5.14. The quantitative estimate of drug-likeness (QED) is 0.798. The molecule has 1 N–H and O–H groups in total. The van der Waals surface area contributed by atoms with Gasteiger partial charge in [0.15, 0.2) is 0 Å². The maximum atomic E-state index is 9.98. The molecule has 1 aliphatic rings. The Morgan fingerprint density at radius 3 is 2.73 bits per heavy atom. The fourth-order valence-electron chi connectivity index (χ4n) is 2.30. The fraction of sp³-hybridized carbons (Fsp3) is 0.538. The van der Waals surface area contributed by atoms with Gasteiger partial charge in [-0.1, -0.05) is 30.3 Å². The van der Waals surface area contributed by atoms with E-state index in [4.69, 9.17) is 0 Å². The number of rotatable bonds is 2. The molecule has 0 aromatic heterocycles. The number of β-amino-alcohol motifs (C(OH)–C–C–N with tert-alkyl or cyclic N) is 1. The highest BCUT2D eigenvalue weighted by Crippen LogP contribution is 2.21. The van der Waals surface area contributed by atoms with E-state index < -0.39 is 5.60 Å². The minimum absolute atomic E-state index is 0.493. The van der Waals surface area contributed by atoms with Crippen molar-refractivity contribution in [2.75, 3.05) is 13.1 Å². The Labute approximate surface area is 91.5 Å². The number of likely N-dealkylation sites (tertiary alicyclic amines) is 1. The van der Waals surface area contributed by atoms with Crippen LogP contribution in [0.15, 0.2) is 30.3 Å². The number of piperidine rings is 1. The number of hydrogen-bond donors (Lipinski definition) is 1. The van der Waals surface area contributed by atoms with Crippen LogP contribution in [0.4, 0.5) is 0 Å². The van der Waals surface area contributed by atoms with E-state index in [2.05, 4.69) is 29.2 Å². The summed E-state index contributed by atoms with van der Waals surface area (Å²) in [6, 6.07) is 10.5. The molecule has 1 saturated heterocycles. The van der Waals surface area contributed by atoms with Crippen LogP contribution in [0.2, 0.25) is 0 Å². The fourth-order valence-corrected chi connectivity index (χ4v) is 2.30. The van der Waals surface area contributed by atoms with Crippen LogP contribution in [0.3, 0.4) is 0 Å². The van der Waals surface area contributed by atoms with Crippen molar-refractivity contribution in [2.45, 2.75) is 31.9 Å². The van der Waals surface area contributed by atoms with Gasteiger partial charge in [-0.05, 0) is 31.9 Å². The molecular weight excluding hydrogens is 186 g/mol. The predicted molar refractivity (Wildman–Crippen MR) is 61.6 cm³/mol. The number of nitrogens with zero attached hydrogens (tertiary/aromatic N) is 1. The van der Waals surface area contributed by atoms with E-state index in [1.165, 1.54) is 5.56 Å². The molecule has 1 aromatic rings. The Morgan fingerprint density at radius 1 is 1.33 bits per heavy atom. The molecule has 2 heteroatoms. The Balaban J connectivity index is 1.95. The van der Waals surface area contributed by atoms with Gasteiger partial charge in [-0.3, -0.25) is 4.90 Å². The van der Waals surface area contributed by atoms with Crippen molar-refractivity contribution in [3.63, 3.8) is 0 Å². The number of hydrogen-bond acceptors (Lipinski definition) is 2. The minimum atomic E-state index is -0.493. The molecule has 0 aliphatic carbocycles. The van der Waals surface area contributed by atoms with Crippen molar-refractivity contribution in [2.24, 2.45) is 0 Å². The molecule has 0 bridgehead atoms. The Kier molecular flexibility index (Phi) is 3.08. The van der Waals surface area contributed by atoms with Gasteiger partial charge >= 0.3 is 0 Å². The van der Waals surface area contributed by atoms with Gasteiger partial charge in [-0.2, -0.15) is 0 Å². The molecule has 1 aliphatic heterocycles. The molecule has 1 heterocycles. The maximum absolute atomic E-state index is 9.98. The van der Waals surface area contributed by atoms with E-state index in [0.717, 1.165) is 32.5 Å². The third kappa shape index (κ3) is 3.05. The van der Waals surface area contributed by atoms with Crippen molar-refractivity contribution in [1.82, 2.24) is 4.90 Å². The van der Waals surface area contributed by atoms with Crippen LogP contribution in [0.25, 0.3) is 0 Å². The van der Waals surface area contributed by atoms with Crippen LogP contribution in [-0.4, -0.2) is 28.7 Å². The monoisotopic (exact) mass is 205 g/mol. The average Bonchev–Trinajstić information content (AvgIpc) is 2.17. The zero-order valence-corrected chi connectivity index (χ0v) is 9.32. The standard InChI is InChI=1S/C13H19NO/c1-13(15)8-5-9-14(11-13)10-12-6-3-2-4-7-12/h2-4,6-7,15H,5,8-11H2,1H3/t13-/m0/s1. The summed E-state index contributed by atoms with van der Waals surface area (Å²) in [5.74, 6) is 0. The molecule has 0 spiro atoms. The van der Waals surface area contributed by atoms with Gasteiger partial charge in [0.25, 0.3) is 0 Å². The summed E-state index contributed by atoms with van der Waals surface area (Å²) in [6.45, 7) is 4.79. The zero-order valence-electron chi connectivity index (χ0n) is 9.32. The van der Waals surface area contributed by atoms with Gasteiger partial charge in [-0.25, -0.2) is 0 Å². The molecule has 1 aromatic carbocycles. The predicted octanol–water partition coefficient (Wildman–Crippen LogP) is 2.03. The number of benzene rings is 1. The second kappa shape index (κ2) is 4.33. The summed E-state index contributed by atoms with van der Waals surface area (Å²) in [5, 5.41) is 9.98. The van der Waals surface area contributed by atoms with Gasteiger partial charge in [0, 0.05) is 13.1 Å². The molecule has 82 valence electrons. The number of aliphatic hydroxyl groups is 1. The lowest BCUT2D eigenvalue weighted by Crippen LogP contribution is -2.45. The van der Waals surface area contributed by atoms with Gasteiger partial charge in [-0.15, -0.1) is 0 Å². The summed E-state index contributed by atoms with van der Waals surface area (Å²) in [5.41, 5.74) is 0.836.